The van der Waals surface area contributed by atoms with Crippen LogP contribution in [0.4, 0.5) is 0 Å². The lowest BCUT2D eigenvalue weighted by Crippen LogP contribution is -2.40. The second kappa shape index (κ2) is 3.09. The van der Waals surface area contributed by atoms with E-state index in [1.54, 1.807) is 0 Å². The molecule has 0 fully saturated rings. The van der Waals surface area contributed by atoms with E-state index in [-0.39, 0.29) is 13.0 Å². The van der Waals surface area contributed by atoms with Crippen molar-refractivity contribution in [1.29, 1.82) is 0 Å². The predicted molar refractivity (Wildman–Crippen MR) is 31.0 cm³/mol. The first-order valence-electron chi connectivity index (χ1n) is 2.58. The molecule has 0 bridgehead atoms. The summed E-state index contributed by atoms with van der Waals surface area (Å²) in [5.74, 6) is -2.68. The average molecular weight is 136 g/mol. The summed E-state index contributed by atoms with van der Waals surface area (Å²) in [6, 6.07) is -0.579. The quantitative estimate of drug-likeness (QED) is 0.271. The predicted octanol–water partition coefficient (Wildman–Crippen LogP) is -2.71. The van der Waals surface area contributed by atoms with Gasteiger partial charge in [-0.3, -0.25) is 0 Å². The highest BCUT2D eigenvalue weighted by atomic mass is 16.7. The molecular formula is C4H12N2O3. The maximum absolute atomic E-state index is 8.29. The molecule has 0 spiro atoms. The molecule has 0 radical (unpaired) electrons. The lowest BCUT2D eigenvalue weighted by molar-refractivity contribution is -0.315. The van der Waals surface area contributed by atoms with Crippen LogP contribution in [0.15, 0.2) is 0 Å². The van der Waals surface area contributed by atoms with Crippen LogP contribution in [0.25, 0.3) is 0 Å². The van der Waals surface area contributed by atoms with E-state index in [0.717, 1.165) is 0 Å². The third-order valence-electron chi connectivity index (χ3n) is 0.839. The highest BCUT2D eigenvalue weighted by Crippen LogP contribution is 2.01. The fourth-order valence-electron chi connectivity index (χ4n) is 0.435. The van der Waals surface area contributed by atoms with Gasteiger partial charge in [0.15, 0.2) is 0 Å². The standard InChI is InChI=1S/C4H12N2O3/c5-2-3(6)1-4(7,8)9/h3,7-9H,1-2,5-6H2. The van der Waals surface area contributed by atoms with E-state index in [1.807, 2.05) is 0 Å². The molecule has 9 heavy (non-hydrogen) atoms. The van der Waals surface area contributed by atoms with Crippen molar-refractivity contribution in [2.45, 2.75) is 18.4 Å². The van der Waals surface area contributed by atoms with Gasteiger partial charge in [0.05, 0.1) is 0 Å². The van der Waals surface area contributed by atoms with Gasteiger partial charge in [0.25, 0.3) is 5.97 Å². The largest absolute Gasteiger partial charge is 0.344 e. The molecule has 0 rings (SSSR count). The summed E-state index contributed by atoms with van der Waals surface area (Å²) in [5.41, 5.74) is 10.2. The number of aliphatic hydroxyl groups is 3. The molecule has 0 saturated heterocycles. The highest BCUT2D eigenvalue weighted by molar-refractivity contribution is 4.64. The molecule has 7 N–H and O–H groups in total. The van der Waals surface area contributed by atoms with Crippen molar-refractivity contribution < 1.29 is 15.3 Å². The maximum Gasteiger partial charge on any atom is 0.276 e. The summed E-state index contributed by atoms with van der Waals surface area (Å²) < 4.78 is 0. The van der Waals surface area contributed by atoms with E-state index >= 15 is 0 Å². The van der Waals surface area contributed by atoms with E-state index in [1.165, 1.54) is 0 Å². The molecule has 5 heteroatoms. The number of nitrogens with two attached hydrogens (primary N) is 2. The molecule has 0 aliphatic carbocycles. The molecule has 0 aromatic heterocycles. The zero-order valence-corrected chi connectivity index (χ0v) is 4.99. The van der Waals surface area contributed by atoms with Crippen molar-refractivity contribution in [2.24, 2.45) is 11.5 Å². The van der Waals surface area contributed by atoms with Crippen molar-refractivity contribution in [1.82, 2.24) is 0 Å². The van der Waals surface area contributed by atoms with Gasteiger partial charge in [-0.25, -0.2) is 0 Å². The summed E-state index contributed by atoms with van der Waals surface area (Å²) in [6.07, 6.45) is -0.330. The molecule has 1 unspecified atom stereocenters. The Hall–Kier alpha value is -0.200. The smallest absolute Gasteiger partial charge is 0.276 e. The van der Waals surface area contributed by atoms with E-state index < -0.39 is 12.0 Å². The van der Waals surface area contributed by atoms with Gasteiger partial charge in [-0.1, -0.05) is 0 Å². The molecule has 0 heterocycles. The van der Waals surface area contributed by atoms with Crippen molar-refractivity contribution >= 4 is 0 Å². The first-order valence-corrected chi connectivity index (χ1v) is 2.58. The summed E-state index contributed by atoms with van der Waals surface area (Å²) in [6.45, 7) is 0.115. The monoisotopic (exact) mass is 136 g/mol. The minimum atomic E-state index is -2.68. The zero-order valence-electron chi connectivity index (χ0n) is 4.99. The highest BCUT2D eigenvalue weighted by Gasteiger charge is 2.21. The SMILES string of the molecule is NCC(N)CC(O)(O)O. The molecule has 56 valence electrons. The van der Waals surface area contributed by atoms with Crippen LogP contribution in [0.2, 0.25) is 0 Å². The Bertz CT molecular complexity index is 80.4. The third kappa shape index (κ3) is 5.67. The molecule has 0 amide bonds. The van der Waals surface area contributed by atoms with Crippen LogP contribution in [0.5, 0.6) is 0 Å². The summed E-state index contributed by atoms with van der Waals surface area (Å²) in [4.78, 5) is 0. The molecule has 1 atom stereocenters. The number of rotatable bonds is 3. The second-order valence-electron chi connectivity index (χ2n) is 1.97. The minimum Gasteiger partial charge on any atom is -0.344 e. The van der Waals surface area contributed by atoms with E-state index in [0.29, 0.717) is 0 Å². The molecule has 0 aromatic carbocycles. The fraction of sp³-hybridized carbons (Fsp3) is 1.00. The van der Waals surface area contributed by atoms with Crippen LogP contribution in [0.1, 0.15) is 6.42 Å². The zero-order chi connectivity index (χ0) is 7.49. The van der Waals surface area contributed by atoms with Crippen molar-refractivity contribution in [3.05, 3.63) is 0 Å². The van der Waals surface area contributed by atoms with Gasteiger partial charge in [-0.05, 0) is 0 Å². The van der Waals surface area contributed by atoms with Crippen LogP contribution in [-0.2, 0) is 0 Å². The van der Waals surface area contributed by atoms with Gasteiger partial charge < -0.3 is 26.8 Å². The molecule has 0 aliphatic heterocycles. The number of hydrogen-bond acceptors (Lipinski definition) is 5. The Labute approximate surface area is 52.9 Å². The van der Waals surface area contributed by atoms with Crippen molar-refractivity contribution in [3.63, 3.8) is 0 Å². The molecule has 0 aliphatic rings. The normalized spacial score (nSPS) is 15.7. The average Bonchev–Trinajstić information content (AvgIpc) is 1.62. The van der Waals surface area contributed by atoms with E-state index in [9.17, 15) is 0 Å². The summed E-state index contributed by atoms with van der Waals surface area (Å²) in [5, 5.41) is 24.9. The lowest BCUT2D eigenvalue weighted by Gasteiger charge is -2.17. The van der Waals surface area contributed by atoms with Crippen LogP contribution in [0.3, 0.4) is 0 Å². The molecule has 0 aromatic rings. The third-order valence-corrected chi connectivity index (χ3v) is 0.839. The topological polar surface area (TPSA) is 113 Å². The molecule has 5 nitrogen and oxygen atoms in total. The Kier molecular flexibility index (Phi) is 3.02. The second-order valence-corrected chi connectivity index (χ2v) is 1.97. The Morgan fingerprint density at radius 2 is 1.78 bits per heavy atom. The first-order chi connectivity index (χ1) is 3.95. The van der Waals surface area contributed by atoms with E-state index in [4.69, 9.17) is 26.8 Å². The van der Waals surface area contributed by atoms with Gasteiger partial charge in [0, 0.05) is 19.0 Å². The van der Waals surface area contributed by atoms with Crippen molar-refractivity contribution in [3.8, 4) is 0 Å². The Morgan fingerprint density at radius 1 is 1.33 bits per heavy atom. The summed E-state index contributed by atoms with van der Waals surface area (Å²) >= 11 is 0. The summed E-state index contributed by atoms with van der Waals surface area (Å²) in [7, 11) is 0. The van der Waals surface area contributed by atoms with E-state index in [2.05, 4.69) is 0 Å². The van der Waals surface area contributed by atoms with Crippen molar-refractivity contribution in [2.75, 3.05) is 6.54 Å². The Balaban J connectivity index is 3.47. The van der Waals surface area contributed by atoms with Gasteiger partial charge in [0.2, 0.25) is 0 Å². The Morgan fingerprint density at radius 3 is 1.89 bits per heavy atom. The van der Waals surface area contributed by atoms with Crippen LogP contribution in [-0.4, -0.2) is 33.9 Å². The molecular weight excluding hydrogens is 124 g/mol. The molecule has 0 saturated carbocycles. The van der Waals surface area contributed by atoms with Gasteiger partial charge in [-0.2, -0.15) is 0 Å². The van der Waals surface area contributed by atoms with Crippen LogP contribution >= 0.6 is 0 Å². The van der Waals surface area contributed by atoms with Crippen LogP contribution < -0.4 is 11.5 Å². The lowest BCUT2D eigenvalue weighted by atomic mass is 10.2. The number of hydrogen-bond donors (Lipinski definition) is 5. The first kappa shape index (κ1) is 8.80. The fourth-order valence-corrected chi connectivity index (χ4v) is 0.435. The maximum atomic E-state index is 8.29. The van der Waals surface area contributed by atoms with Gasteiger partial charge in [0.1, 0.15) is 0 Å². The minimum absolute atomic E-state index is 0.115. The van der Waals surface area contributed by atoms with Gasteiger partial charge in [-0.15, -0.1) is 0 Å². The van der Waals surface area contributed by atoms with Crippen LogP contribution in [0, 0.1) is 0 Å². The van der Waals surface area contributed by atoms with Gasteiger partial charge >= 0.3 is 0 Å².